The number of nitrogens with zero attached hydrogens (tertiary/aromatic N) is 4. The molecule has 4 aromatic rings. The highest BCUT2D eigenvalue weighted by Gasteiger charge is 2.30. The van der Waals surface area contributed by atoms with Crippen LogP contribution in [0.25, 0.3) is 22.6 Å². The SMILES string of the molecule is C[C@H](Nc1nccc(-c2c(-c3ccc(F)cc3)ncn2CC(F)(F)F)n1)c1ccccc1.S. The topological polar surface area (TPSA) is 55.6 Å². The van der Waals surface area contributed by atoms with Gasteiger partial charge in [0.1, 0.15) is 12.4 Å². The van der Waals surface area contributed by atoms with Crippen LogP contribution in [0.5, 0.6) is 0 Å². The Morgan fingerprint density at radius 2 is 1.67 bits per heavy atom. The second-order valence-corrected chi connectivity index (χ2v) is 7.23. The Bertz CT molecular complexity index is 1190. The van der Waals surface area contributed by atoms with Gasteiger partial charge in [0.2, 0.25) is 5.95 Å². The molecule has 0 aliphatic rings. The third-order valence-electron chi connectivity index (χ3n) is 4.85. The van der Waals surface area contributed by atoms with E-state index in [1.807, 2.05) is 37.3 Å². The molecule has 1 N–H and O–H groups in total. The van der Waals surface area contributed by atoms with Crippen molar-refractivity contribution in [3.63, 3.8) is 0 Å². The van der Waals surface area contributed by atoms with Gasteiger partial charge in [-0.05, 0) is 42.8 Å². The summed E-state index contributed by atoms with van der Waals surface area (Å²) < 4.78 is 53.9. The first-order valence-corrected chi connectivity index (χ1v) is 9.83. The molecule has 2 aromatic heterocycles. The van der Waals surface area contributed by atoms with E-state index in [-0.39, 0.29) is 42.6 Å². The van der Waals surface area contributed by atoms with Crippen molar-refractivity contribution in [1.29, 1.82) is 0 Å². The van der Waals surface area contributed by atoms with Crippen molar-refractivity contribution in [2.24, 2.45) is 0 Å². The highest BCUT2D eigenvalue weighted by atomic mass is 32.1. The number of hydrogen-bond donors (Lipinski definition) is 1. The second kappa shape index (κ2) is 10.0. The van der Waals surface area contributed by atoms with Crippen molar-refractivity contribution in [3.05, 3.63) is 84.6 Å². The molecule has 10 heteroatoms. The Hall–Kier alpha value is -3.40. The van der Waals surface area contributed by atoms with Crippen LogP contribution in [0.2, 0.25) is 0 Å². The van der Waals surface area contributed by atoms with Gasteiger partial charge >= 0.3 is 6.18 Å². The van der Waals surface area contributed by atoms with Gasteiger partial charge in [-0.15, -0.1) is 0 Å². The second-order valence-electron chi connectivity index (χ2n) is 7.23. The normalized spacial score (nSPS) is 12.2. The predicted molar refractivity (Wildman–Crippen MR) is 124 cm³/mol. The van der Waals surface area contributed by atoms with Crippen LogP contribution in [0.3, 0.4) is 0 Å². The minimum Gasteiger partial charge on any atom is -0.348 e. The van der Waals surface area contributed by atoms with E-state index in [9.17, 15) is 17.6 Å². The van der Waals surface area contributed by atoms with E-state index in [1.54, 1.807) is 0 Å². The molecule has 4 rings (SSSR count). The third-order valence-corrected chi connectivity index (χ3v) is 4.85. The average Bonchev–Trinajstić information content (AvgIpc) is 3.17. The predicted octanol–water partition coefficient (Wildman–Crippen LogP) is 5.99. The lowest BCUT2D eigenvalue weighted by atomic mass is 10.1. The molecule has 172 valence electrons. The fourth-order valence-electron chi connectivity index (χ4n) is 3.36. The molecule has 5 nitrogen and oxygen atoms in total. The quantitative estimate of drug-likeness (QED) is 0.348. The van der Waals surface area contributed by atoms with Crippen molar-refractivity contribution in [3.8, 4) is 22.6 Å². The van der Waals surface area contributed by atoms with Crippen molar-refractivity contribution in [2.75, 3.05) is 5.32 Å². The van der Waals surface area contributed by atoms with Gasteiger partial charge < -0.3 is 9.88 Å². The number of nitrogens with one attached hydrogen (secondary N) is 1. The van der Waals surface area contributed by atoms with Gasteiger partial charge in [0.05, 0.1) is 29.5 Å². The first-order chi connectivity index (χ1) is 15.3. The number of imidazole rings is 1. The molecule has 33 heavy (non-hydrogen) atoms. The number of rotatable bonds is 6. The molecule has 0 amide bonds. The van der Waals surface area contributed by atoms with Gasteiger partial charge in [-0.3, -0.25) is 0 Å². The molecule has 0 spiro atoms. The average molecular weight is 476 g/mol. The van der Waals surface area contributed by atoms with E-state index >= 15 is 0 Å². The van der Waals surface area contributed by atoms with Gasteiger partial charge in [-0.1, -0.05) is 30.3 Å². The Morgan fingerprint density at radius 1 is 0.970 bits per heavy atom. The summed E-state index contributed by atoms with van der Waals surface area (Å²) in [5, 5.41) is 3.17. The molecule has 0 fully saturated rings. The maximum atomic E-state index is 13.4. The lowest BCUT2D eigenvalue weighted by Gasteiger charge is -2.16. The Kier molecular flexibility index (Phi) is 7.37. The first kappa shape index (κ1) is 24.2. The third kappa shape index (κ3) is 5.89. The van der Waals surface area contributed by atoms with Gasteiger partial charge in [0, 0.05) is 11.8 Å². The summed E-state index contributed by atoms with van der Waals surface area (Å²) in [4.78, 5) is 12.8. The number of benzene rings is 2. The zero-order valence-corrected chi connectivity index (χ0v) is 18.5. The first-order valence-electron chi connectivity index (χ1n) is 9.83. The van der Waals surface area contributed by atoms with Gasteiger partial charge in [0.15, 0.2) is 0 Å². The minimum absolute atomic E-state index is 0. The van der Waals surface area contributed by atoms with Gasteiger partial charge in [-0.25, -0.2) is 19.3 Å². The van der Waals surface area contributed by atoms with Crippen LogP contribution in [-0.4, -0.2) is 25.7 Å². The summed E-state index contributed by atoms with van der Waals surface area (Å²) in [6.07, 6.45) is -1.86. The number of alkyl halides is 3. The molecule has 2 heterocycles. The minimum atomic E-state index is -4.45. The molecule has 0 saturated heterocycles. The van der Waals surface area contributed by atoms with E-state index < -0.39 is 18.5 Å². The number of aromatic nitrogens is 4. The molecule has 2 aromatic carbocycles. The number of anilines is 1. The maximum Gasteiger partial charge on any atom is 0.406 e. The van der Waals surface area contributed by atoms with Crippen molar-refractivity contribution in [2.45, 2.75) is 25.7 Å². The van der Waals surface area contributed by atoms with Crippen LogP contribution in [0.1, 0.15) is 18.5 Å². The molecular weight excluding hydrogens is 454 g/mol. The highest BCUT2D eigenvalue weighted by molar-refractivity contribution is 7.59. The van der Waals surface area contributed by atoms with Crippen molar-refractivity contribution >= 4 is 19.4 Å². The summed E-state index contributed by atoms with van der Waals surface area (Å²) in [7, 11) is 0. The van der Waals surface area contributed by atoms with Gasteiger partial charge in [-0.2, -0.15) is 26.7 Å². The van der Waals surface area contributed by atoms with E-state index in [1.165, 1.54) is 36.5 Å². The largest absolute Gasteiger partial charge is 0.406 e. The van der Waals surface area contributed by atoms with Crippen LogP contribution in [0, 0.1) is 5.82 Å². The lowest BCUT2D eigenvalue weighted by Crippen LogP contribution is -2.18. The summed E-state index contributed by atoms with van der Waals surface area (Å²) >= 11 is 0. The molecule has 1 atom stereocenters. The molecule has 0 aliphatic heterocycles. The number of hydrogen-bond acceptors (Lipinski definition) is 4. The maximum absolute atomic E-state index is 13.4. The lowest BCUT2D eigenvalue weighted by molar-refractivity contribution is -0.140. The highest BCUT2D eigenvalue weighted by Crippen LogP contribution is 2.33. The summed E-state index contributed by atoms with van der Waals surface area (Å²) in [6.45, 7) is 0.701. The van der Waals surface area contributed by atoms with Crippen LogP contribution in [-0.2, 0) is 6.54 Å². The molecule has 0 saturated carbocycles. The fourth-order valence-corrected chi connectivity index (χ4v) is 3.36. The van der Waals surface area contributed by atoms with E-state index in [2.05, 4.69) is 20.3 Å². The van der Waals surface area contributed by atoms with E-state index in [4.69, 9.17) is 0 Å². The molecule has 0 unspecified atom stereocenters. The standard InChI is InChI=1S/C23H19F4N5.H2S/c1-15(16-5-3-2-4-6-16)30-22-28-12-11-19(31-22)21-20(17-7-9-18(24)10-8-17)29-14-32(21)13-23(25,26)27;/h2-12,14-15H,13H2,1H3,(H,28,30,31);1H2/t15-;/m0./s1. The summed E-state index contributed by atoms with van der Waals surface area (Å²) in [5.74, 6) is -0.183. The summed E-state index contributed by atoms with van der Waals surface area (Å²) in [6, 6.07) is 16.4. The molecule has 0 bridgehead atoms. The molecule has 0 radical (unpaired) electrons. The van der Waals surface area contributed by atoms with Gasteiger partial charge in [0.25, 0.3) is 0 Å². The smallest absolute Gasteiger partial charge is 0.348 e. The zero-order valence-electron chi connectivity index (χ0n) is 17.5. The van der Waals surface area contributed by atoms with Crippen LogP contribution < -0.4 is 5.32 Å². The summed E-state index contributed by atoms with van der Waals surface area (Å²) in [5.41, 5.74) is 2.20. The molecular formula is C23H21F4N5S. The van der Waals surface area contributed by atoms with E-state index in [0.29, 0.717) is 5.56 Å². The van der Waals surface area contributed by atoms with Crippen molar-refractivity contribution < 1.29 is 17.6 Å². The fraction of sp³-hybridized carbons (Fsp3) is 0.174. The van der Waals surface area contributed by atoms with Crippen LogP contribution >= 0.6 is 13.5 Å². The Balaban J connectivity index is 0.00000306. The monoisotopic (exact) mass is 475 g/mol. The van der Waals surface area contributed by atoms with E-state index in [0.717, 1.165) is 16.5 Å². The van der Waals surface area contributed by atoms with Crippen molar-refractivity contribution in [1.82, 2.24) is 19.5 Å². The molecule has 0 aliphatic carbocycles. The number of halogens is 4. The van der Waals surface area contributed by atoms with Crippen LogP contribution in [0.15, 0.2) is 73.2 Å². The van der Waals surface area contributed by atoms with Crippen LogP contribution in [0.4, 0.5) is 23.5 Å². The Morgan fingerprint density at radius 3 is 2.33 bits per heavy atom. The Labute approximate surface area is 195 Å². The zero-order chi connectivity index (χ0) is 22.7.